The number of benzene rings is 1. The summed E-state index contributed by atoms with van der Waals surface area (Å²) in [4.78, 5) is 16.0. The van der Waals surface area contributed by atoms with Crippen LogP contribution in [0.25, 0.3) is 0 Å². The number of urea groups is 1. The van der Waals surface area contributed by atoms with Crippen LogP contribution in [0.15, 0.2) is 29.2 Å². The number of morpholine rings is 1. The summed E-state index contributed by atoms with van der Waals surface area (Å²) in [5, 5.41) is 8.81. The number of nitrogens with zero attached hydrogens (tertiary/aromatic N) is 4. The van der Waals surface area contributed by atoms with E-state index in [9.17, 15) is 13.2 Å². The molecular weight excluding hydrogens is 344 g/mol. The zero-order valence-corrected chi connectivity index (χ0v) is 14.6. The molecule has 2 fully saturated rings. The van der Waals surface area contributed by atoms with E-state index in [1.54, 1.807) is 9.80 Å². The van der Waals surface area contributed by atoms with Gasteiger partial charge in [0.1, 0.15) is 0 Å². The van der Waals surface area contributed by atoms with E-state index in [2.05, 4.69) is 0 Å². The zero-order chi connectivity index (χ0) is 17.9. The van der Waals surface area contributed by atoms with Crippen molar-refractivity contribution in [2.45, 2.75) is 4.90 Å². The van der Waals surface area contributed by atoms with Gasteiger partial charge in [-0.2, -0.15) is 9.57 Å². The molecule has 134 valence electrons. The SMILES string of the molecule is N#Cc1ccc(S(=O)(=O)N2CCN(C(=O)N3CCOCC3)CC2)cc1. The Morgan fingerprint density at radius 2 is 1.52 bits per heavy atom. The van der Waals surface area contributed by atoms with Crippen LogP contribution in [-0.2, 0) is 14.8 Å². The summed E-state index contributed by atoms with van der Waals surface area (Å²) >= 11 is 0. The summed E-state index contributed by atoms with van der Waals surface area (Å²) in [6, 6.07) is 7.78. The van der Waals surface area contributed by atoms with Crippen LogP contribution in [0.2, 0.25) is 0 Å². The van der Waals surface area contributed by atoms with E-state index in [1.165, 1.54) is 28.6 Å². The molecule has 2 aliphatic rings. The van der Waals surface area contributed by atoms with Gasteiger partial charge in [-0.1, -0.05) is 0 Å². The second-order valence-corrected chi connectivity index (χ2v) is 7.85. The lowest BCUT2D eigenvalue weighted by molar-refractivity contribution is 0.0405. The Bertz CT molecular complexity index is 758. The van der Waals surface area contributed by atoms with Crippen molar-refractivity contribution in [2.75, 3.05) is 52.5 Å². The van der Waals surface area contributed by atoms with E-state index in [4.69, 9.17) is 10.00 Å². The number of nitriles is 1. The van der Waals surface area contributed by atoms with Crippen LogP contribution in [0.1, 0.15) is 5.56 Å². The number of rotatable bonds is 2. The Balaban J connectivity index is 1.62. The number of carbonyl (C=O) groups is 1. The largest absolute Gasteiger partial charge is 0.378 e. The average Bonchev–Trinajstić information content (AvgIpc) is 2.68. The number of sulfonamides is 1. The predicted octanol–water partition coefficient (Wildman–Crippen LogP) is 0.317. The van der Waals surface area contributed by atoms with Crippen molar-refractivity contribution in [1.82, 2.24) is 14.1 Å². The first-order valence-electron chi connectivity index (χ1n) is 8.14. The van der Waals surface area contributed by atoms with Crippen molar-refractivity contribution in [3.05, 3.63) is 29.8 Å². The van der Waals surface area contributed by atoms with Crippen molar-refractivity contribution in [3.63, 3.8) is 0 Å². The van der Waals surface area contributed by atoms with Crippen molar-refractivity contribution < 1.29 is 17.9 Å². The van der Waals surface area contributed by atoms with Gasteiger partial charge in [-0.3, -0.25) is 0 Å². The van der Waals surface area contributed by atoms with Gasteiger partial charge in [-0.25, -0.2) is 13.2 Å². The van der Waals surface area contributed by atoms with Crippen LogP contribution in [-0.4, -0.2) is 81.0 Å². The number of carbonyl (C=O) groups excluding carboxylic acids is 1. The van der Waals surface area contributed by atoms with Gasteiger partial charge in [0, 0.05) is 39.3 Å². The average molecular weight is 364 g/mol. The topological polar surface area (TPSA) is 93.9 Å². The Morgan fingerprint density at radius 3 is 2.08 bits per heavy atom. The lowest BCUT2D eigenvalue weighted by Gasteiger charge is -2.38. The summed E-state index contributed by atoms with van der Waals surface area (Å²) in [6.45, 7) is 3.48. The highest BCUT2D eigenvalue weighted by atomic mass is 32.2. The molecule has 1 aromatic rings. The van der Waals surface area contributed by atoms with Crippen molar-refractivity contribution in [3.8, 4) is 6.07 Å². The molecule has 0 saturated carbocycles. The predicted molar refractivity (Wildman–Crippen MR) is 89.3 cm³/mol. The zero-order valence-electron chi connectivity index (χ0n) is 13.8. The van der Waals surface area contributed by atoms with Crippen LogP contribution in [0, 0.1) is 11.3 Å². The molecule has 1 aromatic carbocycles. The van der Waals surface area contributed by atoms with Gasteiger partial charge in [0.15, 0.2) is 0 Å². The molecule has 2 aliphatic heterocycles. The molecule has 0 aliphatic carbocycles. The smallest absolute Gasteiger partial charge is 0.320 e. The fourth-order valence-corrected chi connectivity index (χ4v) is 4.35. The van der Waals surface area contributed by atoms with Crippen LogP contribution >= 0.6 is 0 Å². The summed E-state index contributed by atoms with van der Waals surface area (Å²) in [5.74, 6) is 0. The van der Waals surface area contributed by atoms with E-state index < -0.39 is 10.0 Å². The van der Waals surface area contributed by atoms with E-state index in [0.717, 1.165) is 0 Å². The minimum atomic E-state index is -3.61. The van der Waals surface area contributed by atoms with Gasteiger partial charge in [-0.05, 0) is 24.3 Å². The van der Waals surface area contributed by atoms with E-state index in [0.29, 0.717) is 45.0 Å². The molecule has 2 heterocycles. The highest BCUT2D eigenvalue weighted by Crippen LogP contribution is 2.19. The fraction of sp³-hybridized carbons (Fsp3) is 0.500. The highest BCUT2D eigenvalue weighted by Gasteiger charge is 2.32. The minimum Gasteiger partial charge on any atom is -0.378 e. The second kappa shape index (κ2) is 7.39. The molecular formula is C16H20N4O4S. The molecule has 25 heavy (non-hydrogen) atoms. The number of amides is 2. The molecule has 3 rings (SSSR count). The third-order valence-corrected chi connectivity index (χ3v) is 6.32. The van der Waals surface area contributed by atoms with Gasteiger partial charge in [0.2, 0.25) is 10.0 Å². The highest BCUT2D eigenvalue weighted by molar-refractivity contribution is 7.89. The van der Waals surface area contributed by atoms with Crippen molar-refractivity contribution in [1.29, 1.82) is 5.26 Å². The van der Waals surface area contributed by atoms with Crippen molar-refractivity contribution in [2.24, 2.45) is 0 Å². The van der Waals surface area contributed by atoms with Gasteiger partial charge >= 0.3 is 6.03 Å². The summed E-state index contributed by atoms with van der Waals surface area (Å²) in [7, 11) is -3.61. The summed E-state index contributed by atoms with van der Waals surface area (Å²) in [6.07, 6.45) is 0. The molecule has 2 amide bonds. The van der Waals surface area contributed by atoms with Crippen LogP contribution < -0.4 is 0 Å². The fourth-order valence-electron chi connectivity index (χ4n) is 2.92. The molecule has 2 saturated heterocycles. The number of hydrogen-bond donors (Lipinski definition) is 0. The Kier molecular flexibility index (Phi) is 5.22. The van der Waals surface area contributed by atoms with E-state index >= 15 is 0 Å². The number of hydrogen-bond acceptors (Lipinski definition) is 5. The standard InChI is InChI=1S/C16H20N4O4S/c17-13-14-1-3-15(4-2-14)25(22,23)20-7-5-18(6-8-20)16(21)19-9-11-24-12-10-19/h1-4H,5-12H2. The molecule has 0 unspecified atom stereocenters. The normalized spacial score (nSPS) is 19.5. The molecule has 8 nitrogen and oxygen atoms in total. The third-order valence-electron chi connectivity index (χ3n) is 4.41. The molecule has 0 spiro atoms. The number of ether oxygens (including phenoxy) is 1. The molecule has 9 heteroatoms. The van der Waals surface area contributed by atoms with Crippen LogP contribution in [0.5, 0.6) is 0 Å². The molecule has 0 aromatic heterocycles. The van der Waals surface area contributed by atoms with E-state index in [1.807, 2.05) is 6.07 Å². The maximum Gasteiger partial charge on any atom is 0.320 e. The van der Waals surface area contributed by atoms with Gasteiger partial charge in [-0.15, -0.1) is 0 Å². The summed E-state index contributed by atoms with van der Waals surface area (Å²) < 4.78 is 32.0. The van der Waals surface area contributed by atoms with E-state index in [-0.39, 0.29) is 24.0 Å². The molecule has 0 N–H and O–H groups in total. The van der Waals surface area contributed by atoms with Gasteiger partial charge < -0.3 is 14.5 Å². The number of piperazine rings is 1. The molecule has 0 radical (unpaired) electrons. The first-order valence-corrected chi connectivity index (χ1v) is 9.58. The minimum absolute atomic E-state index is 0.0567. The Hall–Kier alpha value is -2.15. The quantitative estimate of drug-likeness (QED) is 0.753. The monoisotopic (exact) mass is 364 g/mol. The van der Waals surface area contributed by atoms with Crippen LogP contribution in [0.4, 0.5) is 4.79 Å². The van der Waals surface area contributed by atoms with Gasteiger partial charge in [0.05, 0.1) is 29.7 Å². The van der Waals surface area contributed by atoms with Gasteiger partial charge in [0.25, 0.3) is 0 Å². The lowest BCUT2D eigenvalue weighted by atomic mass is 10.2. The maximum absolute atomic E-state index is 12.7. The Morgan fingerprint density at radius 1 is 0.960 bits per heavy atom. The molecule has 0 bridgehead atoms. The first kappa shape index (κ1) is 17.7. The van der Waals surface area contributed by atoms with Crippen LogP contribution in [0.3, 0.4) is 0 Å². The second-order valence-electron chi connectivity index (χ2n) is 5.91. The third kappa shape index (κ3) is 3.76. The first-order chi connectivity index (χ1) is 12.0. The molecule has 0 atom stereocenters. The lowest BCUT2D eigenvalue weighted by Crippen LogP contribution is -2.55. The maximum atomic E-state index is 12.7. The van der Waals surface area contributed by atoms with Crippen molar-refractivity contribution >= 4 is 16.1 Å². The Labute approximate surface area is 147 Å². The summed E-state index contributed by atoms with van der Waals surface area (Å²) in [5.41, 5.74) is 0.417.